The molecule has 0 aliphatic heterocycles. The van der Waals surface area contributed by atoms with E-state index < -0.39 is 0 Å². The van der Waals surface area contributed by atoms with Gasteiger partial charge < -0.3 is 5.32 Å². The zero-order chi connectivity index (χ0) is 14.0. The highest BCUT2D eigenvalue weighted by molar-refractivity contribution is 9.10. The normalized spacial score (nSPS) is 10.6. The van der Waals surface area contributed by atoms with Gasteiger partial charge in [0, 0.05) is 21.1 Å². The van der Waals surface area contributed by atoms with Crippen LogP contribution in [0.2, 0.25) is 10.0 Å². The minimum Gasteiger partial charge on any atom is -0.380 e. The van der Waals surface area contributed by atoms with Crippen molar-refractivity contribution in [3.8, 4) is 0 Å². The van der Waals surface area contributed by atoms with Crippen molar-refractivity contribution in [2.75, 3.05) is 5.32 Å². The Labute approximate surface area is 132 Å². The van der Waals surface area contributed by atoms with Crippen LogP contribution in [0.4, 0.5) is 5.69 Å². The third-order valence-corrected chi connectivity index (χ3v) is 3.89. The summed E-state index contributed by atoms with van der Waals surface area (Å²) in [4.78, 5) is 0. The van der Waals surface area contributed by atoms with Gasteiger partial charge in [0.1, 0.15) is 0 Å². The number of benzene rings is 2. The van der Waals surface area contributed by atoms with Gasteiger partial charge in [-0.25, -0.2) is 0 Å². The molecule has 1 N–H and O–H groups in total. The van der Waals surface area contributed by atoms with E-state index in [0.717, 1.165) is 15.7 Å². The van der Waals surface area contributed by atoms with Crippen LogP contribution in [0.5, 0.6) is 0 Å². The Morgan fingerprint density at radius 3 is 2.21 bits per heavy atom. The van der Waals surface area contributed by atoms with Gasteiger partial charge in [-0.1, -0.05) is 29.3 Å². The third-order valence-electron chi connectivity index (χ3n) is 2.82. The summed E-state index contributed by atoms with van der Waals surface area (Å²) in [6.07, 6.45) is 0. The number of hydrogen-bond acceptors (Lipinski definition) is 1. The van der Waals surface area contributed by atoms with Crippen molar-refractivity contribution in [3.05, 3.63) is 61.5 Å². The van der Waals surface area contributed by atoms with Gasteiger partial charge in [0.15, 0.2) is 0 Å². The maximum Gasteiger partial charge on any atom is 0.0517 e. The van der Waals surface area contributed by atoms with Crippen LogP contribution < -0.4 is 5.32 Å². The third kappa shape index (κ3) is 3.88. The van der Waals surface area contributed by atoms with E-state index in [9.17, 15) is 0 Å². The summed E-state index contributed by atoms with van der Waals surface area (Å²) in [7, 11) is 0. The second kappa shape index (κ2) is 6.17. The summed E-state index contributed by atoms with van der Waals surface area (Å²) in [5.41, 5.74) is 4.60. The zero-order valence-electron chi connectivity index (χ0n) is 10.7. The molecule has 0 heterocycles. The first-order chi connectivity index (χ1) is 8.95. The van der Waals surface area contributed by atoms with Gasteiger partial charge in [-0.2, -0.15) is 0 Å². The lowest BCUT2D eigenvalue weighted by Crippen LogP contribution is -2.02. The molecule has 0 unspecified atom stereocenters. The molecule has 0 aliphatic rings. The Hall–Kier alpha value is -0.700. The molecule has 0 radical (unpaired) electrons. The Bertz CT molecular complexity index is 568. The summed E-state index contributed by atoms with van der Waals surface area (Å²) in [6.45, 7) is 4.85. The molecule has 0 atom stereocenters. The number of halogens is 3. The molecule has 2 aromatic rings. The average molecular weight is 359 g/mol. The monoisotopic (exact) mass is 357 g/mol. The lowest BCUT2D eigenvalue weighted by Gasteiger charge is -2.13. The first-order valence-electron chi connectivity index (χ1n) is 5.91. The molecule has 0 saturated carbocycles. The molecule has 0 aromatic heterocycles. The van der Waals surface area contributed by atoms with Crippen molar-refractivity contribution in [1.29, 1.82) is 0 Å². The van der Waals surface area contributed by atoms with Crippen molar-refractivity contribution < 1.29 is 0 Å². The molecule has 1 nitrogen and oxygen atoms in total. The van der Waals surface area contributed by atoms with E-state index in [4.69, 9.17) is 23.2 Å². The van der Waals surface area contributed by atoms with E-state index in [2.05, 4.69) is 47.2 Å². The lowest BCUT2D eigenvalue weighted by molar-refractivity contribution is 1.13. The van der Waals surface area contributed by atoms with Crippen LogP contribution in [0.1, 0.15) is 16.7 Å². The van der Waals surface area contributed by atoms with Crippen LogP contribution in [0.3, 0.4) is 0 Å². The van der Waals surface area contributed by atoms with Gasteiger partial charge in [0.25, 0.3) is 0 Å². The van der Waals surface area contributed by atoms with Crippen LogP contribution in [-0.4, -0.2) is 0 Å². The standard InChI is InChI=1S/C15H14BrCl2N/c1-9-3-10(2)15(14(16)4-9)19-8-11-5-12(17)7-13(18)6-11/h3-7,19H,8H2,1-2H3. The summed E-state index contributed by atoms with van der Waals surface area (Å²) in [5.74, 6) is 0. The Morgan fingerprint density at radius 1 is 1.00 bits per heavy atom. The van der Waals surface area contributed by atoms with E-state index >= 15 is 0 Å². The van der Waals surface area contributed by atoms with Gasteiger partial charge in [0.05, 0.1) is 5.69 Å². The van der Waals surface area contributed by atoms with Crippen LogP contribution in [0.15, 0.2) is 34.8 Å². The second-order valence-corrected chi connectivity index (χ2v) is 6.30. The Balaban J connectivity index is 2.19. The highest BCUT2D eigenvalue weighted by Crippen LogP contribution is 2.28. The minimum atomic E-state index is 0.656. The fraction of sp³-hybridized carbons (Fsp3) is 0.200. The fourth-order valence-corrected chi connectivity index (χ4v) is 3.43. The highest BCUT2D eigenvalue weighted by atomic mass is 79.9. The molecule has 4 heteroatoms. The number of nitrogens with one attached hydrogen (secondary N) is 1. The quantitative estimate of drug-likeness (QED) is 0.710. The van der Waals surface area contributed by atoms with E-state index in [0.29, 0.717) is 16.6 Å². The maximum absolute atomic E-state index is 5.99. The molecule has 0 saturated heterocycles. The van der Waals surface area contributed by atoms with Crippen LogP contribution in [-0.2, 0) is 6.54 Å². The molecule has 0 spiro atoms. The first kappa shape index (κ1) is 14.7. The van der Waals surface area contributed by atoms with E-state index in [-0.39, 0.29) is 0 Å². The van der Waals surface area contributed by atoms with Gasteiger partial charge in [-0.15, -0.1) is 0 Å². The number of anilines is 1. The zero-order valence-corrected chi connectivity index (χ0v) is 13.8. The molecule has 0 fully saturated rings. The molecule has 0 amide bonds. The first-order valence-corrected chi connectivity index (χ1v) is 7.46. The molecule has 2 rings (SSSR count). The van der Waals surface area contributed by atoms with Crippen molar-refractivity contribution in [3.63, 3.8) is 0 Å². The number of aryl methyl sites for hydroxylation is 2. The van der Waals surface area contributed by atoms with Crippen molar-refractivity contribution >= 4 is 44.8 Å². The largest absolute Gasteiger partial charge is 0.380 e. The molecule has 100 valence electrons. The van der Waals surface area contributed by atoms with E-state index in [1.807, 2.05) is 12.1 Å². The van der Waals surface area contributed by atoms with E-state index in [1.54, 1.807) is 6.07 Å². The fourth-order valence-electron chi connectivity index (χ4n) is 2.04. The Morgan fingerprint density at radius 2 is 1.63 bits per heavy atom. The molecular formula is C15H14BrCl2N. The van der Waals surface area contributed by atoms with Gasteiger partial charge in [-0.05, 0) is 70.7 Å². The maximum atomic E-state index is 5.99. The summed E-state index contributed by atoms with van der Waals surface area (Å²) in [5, 5.41) is 4.73. The number of rotatable bonds is 3. The predicted octanol–water partition coefficient (Wildman–Crippen LogP) is 5.98. The van der Waals surface area contributed by atoms with Crippen molar-refractivity contribution in [2.24, 2.45) is 0 Å². The Kier molecular flexibility index (Phi) is 4.77. The van der Waals surface area contributed by atoms with Gasteiger partial charge in [0.2, 0.25) is 0 Å². The minimum absolute atomic E-state index is 0.656. The summed E-state index contributed by atoms with van der Waals surface area (Å²) in [6, 6.07) is 9.81. The molecule has 0 aliphatic carbocycles. The van der Waals surface area contributed by atoms with Crippen LogP contribution in [0, 0.1) is 13.8 Å². The SMILES string of the molecule is Cc1cc(C)c(NCc2cc(Cl)cc(Cl)c2)c(Br)c1. The van der Waals surface area contributed by atoms with Gasteiger partial charge in [-0.3, -0.25) is 0 Å². The summed E-state index contributed by atoms with van der Waals surface area (Å²) < 4.78 is 1.07. The van der Waals surface area contributed by atoms with Gasteiger partial charge >= 0.3 is 0 Å². The second-order valence-electron chi connectivity index (χ2n) is 4.57. The lowest BCUT2D eigenvalue weighted by atomic mass is 10.1. The highest BCUT2D eigenvalue weighted by Gasteiger charge is 2.05. The van der Waals surface area contributed by atoms with Crippen molar-refractivity contribution in [1.82, 2.24) is 0 Å². The van der Waals surface area contributed by atoms with Crippen molar-refractivity contribution in [2.45, 2.75) is 20.4 Å². The van der Waals surface area contributed by atoms with Crippen LogP contribution in [0.25, 0.3) is 0 Å². The average Bonchev–Trinajstić information content (AvgIpc) is 2.25. The molecular weight excluding hydrogens is 345 g/mol. The molecule has 0 bridgehead atoms. The molecule has 19 heavy (non-hydrogen) atoms. The molecule has 2 aromatic carbocycles. The van der Waals surface area contributed by atoms with Crippen LogP contribution >= 0.6 is 39.1 Å². The topological polar surface area (TPSA) is 12.0 Å². The predicted molar refractivity (Wildman–Crippen MR) is 87.4 cm³/mol. The number of hydrogen-bond donors (Lipinski definition) is 1. The summed E-state index contributed by atoms with van der Waals surface area (Å²) >= 11 is 15.6. The smallest absolute Gasteiger partial charge is 0.0517 e. The van der Waals surface area contributed by atoms with E-state index in [1.165, 1.54) is 11.1 Å².